The van der Waals surface area contributed by atoms with Gasteiger partial charge in [-0.15, -0.1) is 0 Å². The summed E-state index contributed by atoms with van der Waals surface area (Å²) in [5.74, 6) is 0.0588. The molecule has 0 saturated carbocycles. The number of aromatic nitrogens is 1. The molecule has 1 aromatic heterocycles. The van der Waals surface area contributed by atoms with Crippen LogP contribution in [0.4, 0.5) is 5.13 Å². The minimum atomic E-state index is 0.0588. The molecule has 0 amide bonds. The molecule has 22 heavy (non-hydrogen) atoms. The summed E-state index contributed by atoms with van der Waals surface area (Å²) in [7, 11) is 0. The van der Waals surface area contributed by atoms with Crippen molar-refractivity contribution < 1.29 is 9.53 Å². The maximum atomic E-state index is 11.4. The molecule has 4 nitrogen and oxygen atoms in total. The maximum absolute atomic E-state index is 11.4. The van der Waals surface area contributed by atoms with Gasteiger partial charge in [-0.25, -0.2) is 4.98 Å². The Hall–Kier alpha value is -1.43. The molecule has 3 rings (SSSR count). The largest absolute Gasteiger partial charge is 0.378 e. The van der Waals surface area contributed by atoms with Crippen LogP contribution >= 0.6 is 22.9 Å². The highest BCUT2D eigenvalue weighted by Crippen LogP contribution is 2.33. The number of ether oxygens (including phenoxy) is 1. The Morgan fingerprint density at radius 3 is 2.64 bits per heavy atom. The van der Waals surface area contributed by atoms with Crippen LogP contribution in [0.15, 0.2) is 24.3 Å². The van der Waals surface area contributed by atoms with Crippen molar-refractivity contribution in [2.75, 3.05) is 31.2 Å². The average molecular weight is 337 g/mol. The molecule has 1 unspecified atom stereocenters. The number of thiazole rings is 1. The first kappa shape index (κ1) is 15.5. The van der Waals surface area contributed by atoms with Crippen LogP contribution in [0.1, 0.15) is 33.8 Å². The van der Waals surface area contributed by atoms with E-state index in [4.69, 9.17) is 21.3 Å². The predicted molar refractivity (Wildman–Crippen MR) is 89.5 cm³/mol. The van der Waals surface area contributed by atoms with E-state index >= 15 is 0 Å². The lowest BCUT2D eigenvalue weighted by atomic mass is 9.97. The molecule has 1 aromatic carbocycles. The van der Waals surface area contributed by atoms with Crippen molar-refractivity contribution in [2.24, 2.45) is 0 Å². The first-order valence-electron chi connectivity index (χ1n) is 7.23. The summed E-state index contributed by atoms with van der Waals surface area (Å²) in [6.45, 7) is 5.12. The number of benzene rings is 1. The monoisotopic (exact) mass is 336 g/mol. The topological polar surface area (TPSA) is 42.4 Å². The summed E-state index contributed by atoms with van der Waals surface area (Å²) in [6.07, 6.45) is 0.906. The molecule has 0 N–H and O–H groups in total. The van der Waals surface area contributed by atoms with Gasteiger partial charge in [0.15, 0.2) is 11.4 Å². The van der Waals surface area contributed by atoms with Gasteiger partial charge in [-0.2, -0.15) is 0 Å². The minimum Gasteiger partial charge on any atom is -0.378 e. The van der Waals surface area contributed by atoms with Gasteiger partial charge in [0, 0.05) is 24.0 Å². The number of anilines is 1. The number of nitrogens with zero attached hydrogens (tertiary/aromatic N) is 2. The van der Waals surface area contributed by atoms with Crippen molar-refractivity contribution in [1.82, 2.24) is 4.98 Å². The quantitative estimate of drug-likeness (QED) is 0.800. The van der Waals surface area contributed by atoms with Crippen LogP contribution in [0.2, 0.25) is 5.02 Å². The number of carbonyl (C=O) groups excluding carboxylic acids is 1. The van der Waals surface area contributed by atoms with E-state index in [2.05, 4.69) is 11.8 Å². The fourth-order valence-corrected chi connectivity index (χ4v) is 3.68. The molecule has 0 spiro atoms. The van der Waals surface area contributed by atoms with E-state index < -0.39 is 0 Å². The van der Waals surface area contributed by atoms with E-state index in [1.54, 1.807) is 0 Å². The summed E-state index contributed by atoms with van der Waals surface area (Å²) in [6, 6.07) is 7.69. The molecule has 0 bridgehead atoms. The van der Waals surface area contributed by atoms with E-state index in [-0.39, 0.29) is 5.92 Å². The Bertz CT molecular complexity index is 651. The van der Waals surface area contributed by atoms with E-state index in [9.17, 15) is 4.79 Å². The van der Waals surface area contributed by atoms with Crippen molar-refractivity contribution in [3.8, 4) is 0 Å². The minimum absolute atomic E-state index is 0.0588. The Morgan fingerprint density at radius 1 is 1.32 bits per heavy atom. The molecule has 0 radical (unpaired) electrons. The van der Waals surface area contributed by atoms with Crippen molar-refractivity contribution in [3.05, 3.63) is 45.4 Å². The SMILES string of the molecule is CC(c1ccc(Cl)cc1)c1nc(N2CCOCC2)sc1C=O. The lowest BCUT2D eigenvalue weighted by Crippen LogP contribution is -2.36. The average Bonchev–Trinajstić information content (AvgIpc) is 3.00. The zero-order chi connectivity index (χ0) is 15.5. The van der Waals surface area contributed by atoms with Crippen LogP contribution in [0.3, 0.4) is 0 Å². The molecule has 1 saturated heterocycles. The number of rotatable bonds is 4. The molecular formula is C16H17ClN2O2S. The van der Waals surface area contributed by atoms with Crippen LogP contribution < -0.4 is 4.90 Å². The van der Waals surface area contributed by atoms with Crippen molar-refractivity contribution in [1.29, 1.82) is 0 Å². The summed E-state index contributed by atoms with van der Waals surface area (Å²) in [5, 5.41) is 1.61. The van der Waals surface area contributed by atoms with Gasteiger partial charge in [0.05, 0.1) is 23.8 Å². The van der Waals surface area contributed by atoms with Crippen LogP contribution in [0.25, 0.3) is 0 Å². The second-order valence-corrected chi connectivity index (χ2v) is 6.68. The van der Waals surface area contributed by atoms with Crippen LogP contribution in [-0.2, 0) is 4.74 Å². The van der Waals surface area contributed by atoms with E-state index in [0.29, 0.717) is 23.1 Å². The molecule has 6 heteroatoms. The lowest BCUT2D eigenvalue weighted by molar-refractivity contribution is 0.112. The molecule has 0 aliphatic carbocycles. The normalized spacial score (nSPS) is 16.5. The van der Waals surface area contributed by atoms with Gasteiger partial charge >= 0.3 is 0 Å². The smallest absolute Gasteiger partial charge is 0.186 e. The number of aldehydes is 1. The molecule has 1 aliphatic heterocycles. The van der Waals surface area contributed by atoms with Gasteiger partial charge in [-0.05, 0) is 17.7 Å². The second-order valence-electron chi connectivity index (χ2n) is 5.24. The molecule has 116 valence electrons. The van der Waals surface area contributed by atoms with Gasteiger partial charge in [0.1, 0.15) is 0 Å². The fraction of sp³-hybridized carbons (Fsp3) is 0.375. The molecule has 2 aromatic rings. The Kier molecular flexibility index (Phi) is 4.76. The zero-order valence-corrected chi connectivity index (χ0v) is 13.9. The van der Waals surface area contributed by atoms with Crippen LogP contribution in [-0.4, -0.2) is 37.6 Å². The third-order valence-corrected chi connectivity index (χ3v) is 5.15. The highest BCUT2D eigenvalue weighted by Gasteiger charge is 2.22. The first-order valence-corrected chi connectivity index (χ1v) is 8.42. The highest BCUT2D eigenvalue weighted by atomic mass is 35.5. The van der Waals surface area contributed by atoms with E-state index in [1.165, 1.54) is 11.3 Å². The van der Waals surface area contributed by atoms with Crippen molar-refractivity contribution in [3.63, 3.8) is 0 Å². The van der Waals surface area contributed by atoms with Crippen molar-refractivity contribution >= 4 is 34.4 Å². The summed E-state index contributed by atoms with van der Waals surface area (Å²) in [5.41, 5.74) is 1.94. The zero-order valence-electron chi connectivity index (χ0n) is 12.3. The van der Waals surface area contributed by atoms with E-state index in [1.807, 2.05) is 24.3 Å². The molecule has 1 atom stereocenters. The van der Waals surface area contributed by atoms with E-state index in [0.717, 1.165) is 35.8 Å². The number of halogens is 1. The third kappa shape index (κ3) is 3.16. The maximum Gasteiger partial charge on any atom is 0.186 e. The summed E-state index contributed by atoms with van der Waals surface area (Å²) < 4.78 is 5.37. The van der Waals surface area contributed by atoms with Crippen molar-refractivity contribution in [2.45, 2.75) is 12.8 Å². The third-order valence-electron chi connectivity index (χ3n) is 3.84. The predicted octanol–water partition coefficient (Wildman–Crippen LogP) is 3.60. The van der Waals surface area contributed by atoms with Gasteiger partial charge in [0.2, 0.25) is 0 Å². The Labute approximate surface area is 138 Å². The fourth-order valence-electron chi connectivity index (χ4n) is 2.53. The van der Waals surface area contributed by atoms with Gasteiger partial charge in [0.25, 0.3) is 0 Å². The number of morpholine rings is 1. The van der Waals surface area contributed by atoms with Crippen LogP contribution in [0, 0.1) is 0 Å². The standard InChI is InChI=1S/C16H17ClN2O2S/c1-11(12-2-4-13(17)5-3-12)15-14(10-20)22-16(18-15)19-6-8-21-9-7-19/h2-5,10-11H,6-9H2,1H3. The lowest BCUT2D eigenvalue weighted by Gasteiger charge is -2.26. The van der Waals surface area contributed by atoms with Gasteiger partial charge < -0.3 is 9.64 Å². The van der Waals surface area contributed by atoms with Crippen LogP contribution in [0.5, 0.6) is 0 Å². The number of hydrogen-bond acceptors (Lipinski definition) is 5. The first-order chi connectivity index (χ1) is 10.7. The number of hydrogen-bond donors (Lipinski definition) is 0. The number of carbonyl (C=O) groups is 1. The molecule has 1 fully saturated rings. The molecule has 1 aliphatic rings. The highest BCUT2D eigenvalue weighted by molar-refractivity contribution is 7.17. The Balaban J connectivity index is 1.90. The van der Waals surface area contributed by atoms with Gasteiger partial charge in [-0.1, -0.05) is 42.0 Å². The summed E-state index contributed by atoms with van der Waals surface area (Å²) in [4.78, 5) is 19.0. The molecule has 2 heterocycles. The molecular weight excluding hydrogens is 320 g/mol. The Morgan fingerprint density at radius 2 is 2.00 bits per heavy atom. The summed E-state index contributed by atoms with van der Waals surface area (Å²) >= 11 is 7.40. The van der Waals surface area contributed by atoms with Gasteiger partial charge in [-0.3, -0.25) is 4.79 Å². The second kappa shape index (κ2) is 6.77.